The first kappa shape index (κ1) is 10.7. The topological polar surface area (TPSA) is 58.4 Å². The van der Waals surface area contributed by atoms with Gasteiger partial charge in [-0.15, -0.1) is 0 Å². The van der Waals surface area contributed by atoms with Crippen LogP contribution in [0.25, 0.3) is 0 Å². The number of carbonyl (C=O) groups is 1. The van der Waals surface area contributed by atoms with Gasteiger partial charge in [-0.3, -0.25) is 4.79 Å². The molecule has 0 bridgehead atoms. The first-order valence-electron chi connectivity index (χ1n) is 5.51. The van der Waals surface area contributed by atoms with E-state index in [1.807, 2.05) is 0 Å². The second kappa shape index (κ2) is 4.35. The number of nitrogens with zero attached hydrogens (tertiary/aromatic N) is 1. The van der Waals surface area contributed by atoms with E-state index < -0.39 is 0 Å². The van der Waals surface area contributed by atoms with E-state index >= 15 is 0 Å². The van der Waals surface area contributed by atoms with Crippen LogP contribution in [0.15, 0.2) is 0 Å². The maximum Gasteiger partial charge on any atom is 0.222 e. The lowest BCUT2D eigenvalue weighted by molar-refractivity contribution is -0.122. The van der Waals surface area contributed by atoms with Gasteiger partial charge in [0.25, 0.3) is 0 Å². The largest absolute Gasteiger partial charge is 0.369 e. The van der Waals surface area contributed by atoms with Gasteiger partial charge in [0.15, 0.2) is 5.11 Å². The summed E-state index contributed by atoms with van der Waals surface area (Å²) in [5.41, 5.74) is 5.31. The van der Waals surface area contributed by atoms with Crippen LogP contribution in [0, 0.1) is 5.92 Å². The van der Waals surface area contributed by atoms with Crippen LogP contribution < -0.4 is 11.1 Å². The maximum atomic E-state index is 11.1. The number of nitrogens with one attached hydrogen (secondary N) is 1. The summed E-state index contributed by atoms with van der Waals surface area (Å²) in [6.45, 7) is 1.64. The van der Waals surface area contributed by atoms with Crippen molar-refractivity contribution < 1.29 is 4.79 Å². The van der Waals surface area contributed by atoms with E-state index in [0.29, 0.717) is 12.6 Å². The van der Waals surface area contributed by atoms with Crippen LogP contribution in [0.3, 0.4) is 0 Å². The van der Waals surface area contributed by atoms with Crippen molar-refractivity contribution in [3.05, 3.63) is 0 Å². The van der Waals surface area contributed by atoms with Gasteiger partial charge in [-0.1, -0.05) is 0 Å². The van der Waals surface area contributed by atoms with E-state index in [9.17, 15) is 4.79 Å². The van der Waals surface area contributed by atoms with E-state index in [0.717, 1.165) is 24.5 Å². The monoisotopic (exact) mass is 227 g/mol. The molecule has 0 aromatic rings. The molecule has 15 heavy (non-hydrogen) atoms. The molecular weight excluding hydrogens is 210 g/mol. The number of thiocarbonyl (C=S) groups is 1. The van der Waals surface area contributed by atoms with Crippen molar-refractivity contribution in [1.82, 2.24) is 10.2 Å². The molecule has 2 aliphatic rings. The molecule has 1 aliphatic heterocycles. The third-order valence-electron chi connectivity index (χ3n) is 3.02. The molecule has 0 aromatic carbocycles. The van der Waals surface area contributed by atoms with Crippen molar-refractivity contribution in [2.45, 2.75) is 31.7 Å². The van der Waals surface area contributed by atoms with Crippen LogP contribution >= 0.6 is 12.2 Å². The zero-order chi connectivity index (χ0) is 10.8. The SMILES string of the molecule is NC(=O)C1CCCN(C(=S)NC2CC2)C1. The van der Waals surface area contributed by atoms with Crippen molar-refractivity contribution in [3.63, 3.8) is 0 Å². The Labute approximate surface area is 95.2 Å². The number of hydrogen-bond donors (Lipinski definition) is 2. The summed E-state index contributed by atoms with van der Waals surface area (Å²) in [4.78, 5) is 13.2. The molecule has 1 aliphatic carbocycles. The summed E-state index contributed by atoms with van der Waals surface area (Å²) < 4.78 is 0. The number of nitrogens with two attached hydrogens (primary N) is 1. The predicted molar refractivity (Wildman–Crippen MR) is 62.2 cm³/mol. The number of piperidine rings is 1. The normalized spacial score (nSPS) is 26.1. The maximum absolute atomic E-state index is 11.1. The molecule has 5 heteroatoms. The van der Waals surface area contributed by atoms with Crippen molar-refractivity contribution >= 4 is 23.2 Å². The minimum Gasteiger partial charge on any atom is -0.369 e. The summed E-state index contributed by atoms with van der Waals surface area (Å²) >= 11 is 5.29. The van der Waals surface area contributed by atoms with Gasteiger partial charge in [0.2, 0.25) is 5.91 Å². The molecule has 1 atom stereocenters. The summed E-state index contributed by atoms with van der Waals surface area (Å²) in [5.74, 6) is -0.230. The van der Waals surface area contributed by atoms with E-state index in [1.54, 1.807) is 0 Å². The third kappa shape index (κ3) is 2.81. The Morgan fingerprint density at radius 2 is 2.13 bits per heavy atom. The van der Waals surface area contributed by atoms with Gasteiger partial charge in [0, 0.05) is 19.1 Å². The Balaban J connectivity index is 1.85. The molecule has 0 spiro atoms. The van der Waals surface area contributed by atoms with Crippen LogP contribution in [0.2, 0.25) is 0 Å². The fourth-order valence-corrected chi connectivity index (χ4v) is 2.22. The third-order valence-corrected chi connectivity index (χ3v) is 3.39. The van der Waals surface area contributed by atoms with Gasteiger partial charge in [0.05, 0.1) is 5.92 Å². The van der Waals surface area contributed by atoms with Crippen LogP contribution in [0.1, 0.15) is 25.7 Å². The molecule has 2 rings (SSSR count). The van der Waals surface area contributed by atoms with Crippen molar-refractivity contribution in [2.24, 2.45) is 11.7 Å². The minimum atomic E-state index is -0.200. The Bertz CT molecular complexity index is 278. The van der Waals surface area contributed by atoms with Gasteiger partial charge in [-0.2, -0.15) is 0 Å². The number of hydrogen-bond acceptors (Lipinski definition) is 2. The molecular formula is C10H17N3OS. The van der Waals surface area contributed by atoms with Gasteiger partial charge in [-0.05, 0) is 37.9 Å². The zero-order valence-electron chi connectivity index (χ0n) is 8.74. The van der Waals surface area contributed by atoms with Crippen LogP contribution in [0.4, 0.5) is 0 Å². The lowest BCUT2D eigenvalue weighted by atomic mass is 9.98. The van der Waals surface area contributed by atoms with Gasteiger partial charge >= 0.3 is 0 Å². The molecule has 1 saturated carbocycles. The molecule has 4 nitrogen and oxygen atoms in total. The fourth-order valence-electron chi connectivity index (χ4n) is 1.89. The number of amides is 1. The van der Waals surface area contributed by atoms with E-state index in [2.05, 4.69) is 10.2 Å². The highest BCUT2D eigenvalue weighted by molar-refractivity contribution is 7.80. The Kier molecular flexibility index (Phi) is 3.09. The Hall–Kier alpha value is -0.840. The van der Waals surface area contributed by atoms with E-state index in [4.69, 9.17) is 18.0 Å². The quantitative estimate of drug-likeness (QED) is 0.663. The first-order chi connectivity index (χ1) is 7.16. The summed E-state index contributed by atoms with van der Waals surface area (Å²) in [5, 5.41) is 4.08. The average Bonchev–Trinajstić information content (AvgIpc) is 3.02. The number of rotatable bonds is 2. The van der Waals surface area contributed by atoms with Gasteiger partial charge in [0.1, 0.15) is 0 Å². The summed E-state index contributed by atoms with van der Waals surface area (Å²) in [7, 11) is 0. The van der Waals surface area contributed by atoms with Crippen molar-refractivity contribution in [1.29, 1.82) is 0 Å². The Morgan fingerprint density at radius 1 is 1.40 bits per heavy atom. The minimum absolute atomic E-state index is 0.0299. The molecule has 1 saturated heterocycles. The number of likely N-dealkylation sites (tertiary alicyclic amines) is 1. The standard InChI is InChI=1S/C10H17N3OS/c11-9(14)7-2-1-5-13(6-7)10(15)12-8-3-4-8/h7-8H,1-6H2,(H2,11,14)(H,12,15). The highest BCUT2D eigenvalue weighted by atomic mass is 32.1. The van der Waals surface area contributed by atoms with Crippen molar-refractivity contribution in [2.75, 3.05) is 13.1 Å². The molecule has 0 radical (unpaired) electrons. The lowest BCUT2D eigenvalue weighted by Crippen LogP contribution is -2.48. The van der Waals surface area contributed by atoms with Gasteiger partial charge < -0.3 is 16.0 Å². The average molecular weight is 227 g/mol. The first-order valence-corrected chi connectivity index (χ1v) is 5.92. The van der Waals surface area contributed by atoms with Crippen LogP contribution in [-0.4, -0.2) is 35.1 Å². The summed E-state index contributed by atoms with van der Waals surface area (Å²) in [6.07, 6.45) is 4.33. The molecule has 1 unspecified atom stereocenters. The lowest BCUT2D eigenvalue weighted by Gasteiger charge is -2.33. The number of carbonyl (C=O) groups excluding carboxylic acids is 1. The van der Waals surface area contributed by atoms with Crippen molar-refractivity contribution in [3.8, 4) is 0 Å². The molecule has 84 valence electrons. The molecule has 3 N–H and O–H groups in total. The molecule has 1 amide bonds. The van der Waals surface area contributed by atoms with Gasteiger partial charge in [-0.25, -0.2) is 0 Å². The Morgan fingerprint density at radius 3 is 2.73 bits per heavy atom. The second-order valence-corrected chi connectivity index (χ2v) is 4.80. The highest BCUT2D eigenvalue weighted by Gasteiger charge is 2.28. The fraction of sp³-hybridized carbons (Fsp3) is 0.800. The van der Waals surface area contributed by atoms with Crippen LogP contribution in [-0.2, 0) is 4.79 Å². The molecule has 1 heterocycles. The van der Waals surface area contributed by atoms with E-state index in [1.165, 1.54) is 12.8 Å². The number of primary amides is 1. The van der Waals surface area contributed by atoms with E-state index in [-0.39, 0.29) is 11.8 Å². The molecule has 0 aromatic heterocycles. The molecule has 2 fully saturated rings. The predicted octanol–water partition coefficient (Wildman–Crippen LogP) is 0.221. The zero-order valence-corrected chi connectivity index (χ0v) is 9.55. The van der Waals surface area contributed by atoms with Crippen LogP contribution in [0.5, 0.6) is 0 Å². The summed E-state index contributed by atoms with van der Waals surface area (Å²) in [6, 6.07) is 0.575. The second-order valence-electron chi connectivity index (χ2n) is 4.41. The highest BCUT2D eigenvalue weighted by Crippen LogP contribution is 2.21. The smallest absolute Gasteiger partial charge is 0.222 e.